The van der Waals surface area contributed by atoms with Crippen molar-refractivity contribution in [2.45, 2.75) is 46.7 Å². The van der Waals surface area contributed by atoms with E-state index in [2.05, 4.69) is 10.4 Å². The van der Waals surface area contributed by atoms with Crippen LogP contribution in [0.1, 0.15) is 47.6 Å². The largest absolute Gasteiger partial charge is 0.480 e. The Balaban J connectivity index is 2.15. The number of carboxylic acid groups (broad SMARTS) is 1. The van der Waals surface area contributed by atoms with Crippen molar-refractivity contribution in [3.05, 3.63) is 52.8 Å². The molecule has 0 saturated carbocycles. The highest BCUT2D eigenvalue weighted by Gasteiger charge is 2.25. The Bertz CT molecular complexity index is 767. The molecule has 6 nitrogen and oxygen atoms in total. The quantitative estimate of drug-likeness (QED) is 0.809. The first-order valence-corrected chi connectivity index (χ1v) is 8.45. The van der Waals surface area contributed by atoms with Crippen LogP contribution in [0.3, 0.4) is 0 Å². The third-order valence-electron chi connectivity index (χ3n) is 4.39. The number of nitrogens with one attached hydrogen (secondary N) is 1. The Morgan fingerprint density at radius 2 is 2.00 bits per heavy atom. The molecule has 2 unspecified atom stereocenters. The van der Waals surface area contributed by atoms with Crippen LogP contribution in [0.15, 0.2) is 30.3 Å². The van der Waals surface area contributed by atoms with E-state index in [4.69, 9.17) is 0 Å². The van der Waals surface area contributed by atoms with E-state index in [9.17, 15) is 14.7 Å². The van der Waals surface area contributed by atoms with Crippen molar-refractivity contribution in [1.82, 2.24) is 15.1 Å². The molecular weight excluding hydrogens is 318 g/mol. The third kappa shape index (κ3) is 4.68. The first-order valence-electron chi connectivity index (χ1n) is 8.45. The second-order valence-corrected chi connectivity index (χ2v) is 6.46. The van der Waals surface area contributed by atoms with Gasteiger partial charge in [0.05, 0.1) is 12.2 Å². The van der Waals surface area contributed by atoms with Crippen LogP contribution in [0.25, 0.3) is 0 Å². The maximum atomic E-state index is 12.5. The summed E-state index contributed by atoms with van der Waals surface area (Å²) in [6.07, 6.45) is 0.676. The Kier molecular flexibility index (Phi) is 5.96. The van der Waals surface area contributed by atoms with E-state index in [1.165, 1.54) is 0 Å². The molecule has 1 aromatic carbocycles. The van der Waals surface area contributed by atoms with Crippen LogP contribution < -0.4 is 5.32 Å². The van der Waals surface area contributed by atoms with Gasteiger partial charge < -0.3 is 10.4 Å². The van der Waals surface area contributed by atoms with Gasteiger partial charge in [0.2, 0.25) is 0 Å². The maximum Gasteiger partial charge on any atom is 0.326 e. The van der Waals surface area contributed by atoms with Crippen molar-refractivity contribution in [2.24, 2.45) is 5.92 Å². The van der Waals surface area contributed by atoms with E-state index in [1.54, 1.807) is 18.2 Å². The normalized spacial score (nSPS) is 13.3. The molecule has 0 fully saturated rings. The molecule has 2 aromatic rings. The van der Waals surface area contributed by atoms with E-state index >= 15 is 0 Å². The first kappa shape index (κ1) is 18.7. The second kappa shape index (κ2) is 7.96. The monoisotopic (exact) mass is 343 g/mol. The minimum absolute atomic E-state index is 0.140. The fraction of sp³-hybridized carbons (Fsp3) is 0.421. The zero-order valence-electron chi connectivity index (χ0n) is 15.1. The smallest absolute Gasteiger partial charge is 0.326 e. The molecule has 2 rings (SSSR count). The van der Waals surface area contributed by atoms with Crippen LogP contribution in [-0.4, -0.2) is 32.8 Å². The lowest BCUT2D eigenvalue weighted by molar-refractivity contribution is -0.140. The lowest BCUT2D eigenvalue weighted by atomic mass is 9.98. The zero-order chi connectivity index (χ0) is 18.6. The summed E-state index contributed by atoms with van der Waals surface area (Å²) in [6.45, 7) is 8.21. The summed E-state index contributed by atoms with van der Waals surface area (Å²) in [7, 11) is 0. The van der Waals surface area contributed by atoms with Crippen LogP contribution >= 0.6 is 0 Å². The minimum atomic E-state index is -1.01. The SMILES string of the molecule is CCC(C)C(NC(=O)c1cccc(Cn2nc(C)cc2C)c1)C(=O)O. The molecule has 1 heterocycles. The van der Waals surface area contributed by atoms with Crippen LogP contribution in [0.2, 0.25) is 0 Å². The van der Waals surface area contributed by atoms with E-state index < -0.39 is 12.0 Å². The summed E-state index contributed by atoms with van der Waals surface area (Å²) in [5.74, 6) is -1.52. The molecule has 0 bridgehead atoms. The number of aliphatic carboxylic acids is 1. The van der Waals surface area contributed by atoms with Crippen LogP contribution in [0.4, 0.5) is 0 Å². The average Bonchev–Trinajstić information content (AvgIpc) is 2.89. The number of benzene rings is 1. The number of rotatable bonds is 7. The molecule has 2 N–H and O–H groups in total. The predicted octanol–water partition coefficient (Wildman–Crippen LogP) is 2.78. The highest BCUT2D eigenvalue weighted by Crippen LogP contribution is 2.12. The summed E-state index contributed by atoms with van der Waals surface area (Å²) in [4.78, 5) is 23.8. The van der Waals surface area contributed by atoms with Gasteiger partial charge in [0, 0.05) is 11.3 Å². The summed E-state index contributed by atoms with van der Waals surface area (Å²) in [5, 5.41) is 16.4. The number of aromatic nitrogens is 2. The predicted molar refractivity (Wildman–Crippen MR) is 95.6 cm³/mol. The van der Waals surface area contributed by atoms with Crippen molar-refractivity contribution in [2.75, 3.05) is 0 Å². The van der Waals surface area contributed by atoms with Gasteiger partial charge in [-0.3, -0.25) is 9.48 Å². The fourth-order valence-corrected chi connectivity index (χ4v) is 2.73. The standard InChI is InChI=1S/C19H25N3O3/c1-5-12(2)17(19(24)25)20-18(23)16-8-6-7-15(10-16)11-22-14(4)9-13(3)21-22/h6-10,12,17H,5,11H2,1-4H3,(H,20,23)(H,24,25). The van der Waals surface area contributed by atoms with Crippen LogP contribution in [-0.2, 0) is 11.3 Å². The number of carboxylic acids is 1. The van der Waals surface area contributed by atoms with E-state index in [0.717, 1.165) is 17.0 Å². The molecule has 134 valence electrons. The highest BCUT2D eigenvalue weighted by atomic mass is 16.4. The molecule has 25 heavy (non-hydrogen) atoms. The molecule has 6 heteroatoms. The van der Waals surface area contributed by atoms with Crippen LogP contribution in [0, 0.1) is 19.8 Å². The highest BCUT2D eigenvalue weighted by molar-refractivity contribution is 5.96. The van der Waals surface area contributed by atoms with Gasteiger partial charge in [0.15, 0.2) is 0 Å². The van der Waals surface area contributed by atoms with Crippen molar-refractivity contribution in [3.63, 3.8) is 0 Å². The lowest BCUT2D eigenvalue weighted by Gasteiger charge is -2.20. The number of hydrogen-bond donors (Lipinski definition) is 2. The molecule has 0 saturated heterocycles. The van der Waals surface area contributed by atoms with Gasteiger partial charge in [-0.2, -0.15) is 5.10 Å². The number of hydrogen-bond acceptors (Lipinski definition) is 3. The molecular formula is C19H25N3O3. The van der Waals surface area contributed by atoms with Crippen molar-refractivity contribution in [3.8, 4) is 0 Å². The Labute approximate surface area is 147 Å². The van der Waals surface area contributed by atoms with Gasteiger partial charge in [-0.05, 0) is 43.5 Å². The molecule has 0 aliphatic heterocycles. The Hall–Kier alpha value is -2.63. The van der Waals surface area contributed by atoms with Crippen molar-refractivity contribution >= 4 is 11.9 Å². The average molecular weight is 343 g/mol. The number of carbonyl (C=O) groups excluding carboxylic acids is 1. The van der Waals surface area contributed by atoms with Gasteiger partial charge in [-0.25, -0.2) is 4.79 Å². The number of aryl methyl sites for hydroxylation is 2. The molecule has 0 aliphatic carbocycles. The maximum absolute atomic E-state index is 12.5. The number of amides is 1. The minimum Gasteiger partial charge on any atom is -0.480 e. The summed E-state index contributed by atoms with van der Waals surface area (Å²) < 4.78 is 1.88. The fourth-order valence-electron chi connectivity index (χ4n) is 2.73. The number of carbonyl (C=O) groups is 2. The van der Waals surface area contributed by atoms with Gasteiger partial charge in [-0.15, -0.1) is 0 Å². The van der Waals surface area contributed by atoms with Crippen molar-refractivity contribution in [1.29, 1.82) is 0 Å². The number of nitrogens with zero attached hydrogens (tertiary/aromatic N) is 2. The third-order valence-corrected chi connectivity index (χ3v) is 4.39. The lowest BCUT2D eigenvalue weighted by Crippen LogP contribution is -2.45. The van der Waals surface area contributed by atoms with Crippen molar-refractivity contribution < 1.29 is 14.7 Å². The molecule has 0 radical (unpaired) electrons. The Morgan fingerprint density at radius 1 is 1.28 bits per heavy atom. The van der Waals surface area contributed by atoms with Gasteiger partial charge >= 0.3 is 5.97 Å². The summed E-state index contributed by atoms with van der Waals surface area (Å²) in [5.41, 5.74) is 3.39. The van der Waals surface area contributed by atoms with E-state index in [1.807, 2.05) is 44.5 Å². The van der Waals surface area contributed by atoms with Gasteiger partial charge in [0.25, 0.3) is 5.91 Å². The summed E-state index contributed by atoms with van der Waals surface area (Å²) >= 11 is 0. The van der Waals surface area contributed by atoms with E-state index in [0.29, 0.717) is 18.5 Å². The zero-order valence-corrected chi connectivity index (χ0v) is 15.1. The molecule has 0 spiro atoms. The van der Waals surface area contributed by atoms with Gasteiger partial charge in [-0.1, -0.05) is 32.4 Å². The van der Waals surface area contributed by atoms with Crippen LogP contribution in [0.5, 0.6) is 0 Å². The molecule has 0 aliphatic rings. The summed E-state index contributed by atoms with van der Waals surface area (Å²) in [6, 6.07) is 8.31. The molecule has 1 aromatic heterocycles. The molecule has 1 amide bonds. The second-order valence-electron chi connectivity index (χ2n) is 6.46. The first-order chi connectivity index (χ1) is 11.8. The molecule has 2 atom stereocenters. The topological polar surface area (TPSA) is 84.2 Å². The van der Waals surface area contributed by atoms with E-state index in [-0.39, 0.29) is 11.8 Å². The van der Waals surface area contributed by atoms with Gasteiger partial charge in [0.1, 0.15) is 6.04 Å². The Morgan fingerprint density at radius 3 is 2.56 bits per heavy atom.